The van der Waals surface area contributed by atoms with Gasteiger partial charge in [-0.25, -0.2) is 0 Å². The first-order valence-corrected chi connectivity index (χ1v) is 5.18. The Hall–Kier alpha value is -1.03. The Morgan fingerprint density at radius 1 is 1.77 bits per heavy atom. The van der Waals surface area contributed by atoms with Gasteiger partial charge in [-0.2, -0.15) is 0 Å². The number of carbonyl (C=O) groups is 1. The molecule has 4 heteroatoms. The number of nitrogens with one attached hydrogen (secondary N) is 1. The Morgan fingerprint density at radius 3 is 3.23 bits per heavy atom. The van der Waals surface area contributed by atoms with Gasteiger partial charge in [-0.15, -0.1) is 11.3 Å². The van der Waals surface area contributed by atoms with E-state index in [1.165, 1.54) is 0 Å². The van der Waals surface area contributed by atoms with E-state index >= 15 is 0 Å². The van der Waals surface area contributed by atoms with E-state index in [2.05, 4.69) is 12.2 Å². The quantitative estimate of drug-likeness (QED) is 0.687. The molecule has 0 fully saturated rings. The summed E-state index contributed by atoms with van der Waals surface area (Å²) in [6.07, 6.45) is 0. The zero-order valence-electron chi connectivity index (χ0n) is 7.70. The van der Waals surface area contributed by atoms with E-state index in [4.69, 9.17) is 0 Å². The molecule has 1 aromatic rings. The highest BCUT2D eigenvalue weighted by atomic mass is 32.1. The minimum atomic E-state index is 0.122. The van der Waals surface area contributed by atoms with Crippen molar-refractivity contribution in [3.05, 3.63) is 11.4 Å². The third-order valence-corrected chi connectivity index (χ3v) is 3.06. The first kappa shape index (κ1) is 8.56. The van der Waals surface area contributed by atoms with Crippen LogP contribution in [0.4, 0.5) is 10.7 Å². The van der Waals surface area contributed by atoms with E-state index in [0.717, 1.165) is 17.2 Å². The number of amides is 1. The fourth-order valence-electron chi connectivity index (χ4n) is 1.56. The molecule has 3 nitrogen and oxygen atoms in total. The summed E-state index contributed by atoms with van der Waals surface area (Å²) in [5.41, 5.74) is 1.08. The molecule has 0 radical (unpaired) electrons. The monoisotopic (exact) mass is 196 g/mol. The predicted molar refractivity (Wildman–Crippen MR) is 55.4 cm³/mol. The second-order valence-electron chi connectivity index (χ2n) is 3.31. The molecule has 2 rings (SSSR count). The molecule has 0 spiro atoms. The Kier molecular flexibility index (Phi) is 2.00. The van der Waals surface area contributed by atoms with Gasteiger partial charge in [-0.3, -0.25) is 4.79 Å². The summed E-state index contributed by atoms with van der Waals surface area (Å²) in [5, 5.41) is 6.39. The van der Waals surface area contributed by atoms with Crippen molar-refractivity contribution in [3.8, 4) is 0 Å². The molecule has 0 aromatic carbocycles. The number of nitrogens with zero attached hydrogens (tertiary/aromatic N) is 1. The summed E-state index contributed by atoms with van der Waals surface area (Å²) < 4.78 is 0. The van der Waals surface area contributed by atoms with Crippen molar-refractivity contribution in [1.82, 2.24) is 0 Å². The Bertz CT molecular complexity index is 334. The van der Waals surface area contributed by atoms with E-state index in [-0.39, 0.29) is 5.91 Å². The molecule has 0 unspecified atom stereocenters. The average molecular weight is 196 g/mol. The molecule has 1 atom stereocenters. The minimum Gasteiger partial charge on any atom is -0.378 e. The van der Waals surface area contributed by atoms with Crippen molar-refractivity contribution in [2.24, 2.45) is 0 Å². The highest BCUT2D eigenvalue weighted by molar-refractivity contribution is 7.15. The second-order valence-corrected chi connectivity index (χ2v) is 4.21. The number of hydrogen-bond acceptors (Lipinski definition) is 3. The van der Waals surface area contributed by atoms with Crippen molar-refractivity contribution in [2.45, 2.75) is 19.9 Å². The van der Waals surface area contributed by atoms with E-state index in [0.29, 0.717) is 6.04 Å². The summed E-state index contributed by atoms with van der Waals surface area (Å²) in [6.45, 7) is 4.46. The lowest BCUT2D eigenvalue weighted by Crippen LogP contribution is -2.41. The zero-order valence-corrected chi connectivity index (χ0v) is 8.52. The first-order chi connectivity index (χ1) is 6.18. The smallest absolute Gasteiger partial charge is 0.224 e. The van der Waals surface area contributed by atoms with E-state index in [9.17, 15) is 4.79 Å². The van der Waals surface area contributed by atoms with Gasteiger partial charge in [0.05, 0.1) is 5.69 Å². The van der Waals surface area contributed by atoms with E-state index in [1.54, 1.807) is 18.3 Å². The van der Waals surface area contributed by atoms with Gasteiger partial charge in [0.2, 0.25) is 5.91 Å². The maximum atomic E-state index is 11.3. The molecular formula is C9H12N2OS. The largest absolute Gasteiger partial charge is 0.378 e. The van der Waals surface area contributed by atoms with Crippen molar-refractivity contribution >= 4 is 27.9 Å². The molecule has 70 valence electrons. The maximum Gasteiger partial charge on any atom is 0.224 e. The zero-order chi connectivity index (χ0) is 9.42. The molecule has 0 bridgehead atoms. The highest BCUT2D eigenvalue weighted by Gasteiger charge is 2.24. The number of carbonyl (C=O) groups excluding carboxylic acids is 1. The number of hydrogen-bond donors (Lipinski definition) is 1. The molecule has 13 heavy (non-hydrogen) atoms. The van der Waals surface area contributed by atoms with Gasteiger partial charge in [0.25, 0.3) is 0 Å². The van der Waals surface area contributed by atoms with Crippen molar-refractivity contribution in [1.29, 1.82) is 0 Å². The third-order valence-electron chi connectivity index (χ3n) is 2.13. The first-order valence-electron chi connectivity index (χ1n) is 4.30. The summed E-state index contributed by atoms with van der Waals surface area (Å²) in [7, 11) is 0. The van der Waals surface area contributed by atoms with Crippen LogP contribution in [0.15, 0.2) is 11.4 Å². The molecular weight excluding hydrogens is 184 g/mol. The summed E-state index contributed by atoms with van der Waals surface area (Å²) in [5.74, 6) is 0.122. The second kappa shape index (κ2) is 3.03. The SMILES string of the molecule is CC(=O)N1C[C@H](C)Nc2ccsc21. The van der Waals surface area contributed by atoms with Gasteiger partial charge in [0.1, 0.15) is 5.00 Å². The Labute approximate surface area is 81.4 Å². The normalized spacial score (nSPS) is 20.8. The van der Waals surface area contributed by atoms with Crippen LogP contribution in [0.5, 0.6) is 0 Å². The van der Waals surface area contributed by atoms with Crippen LogP contribution >= 0.6 is 11.3 Å². The van der Waals surface area contributed by atoms with Gasteiger partial charge < -0.3 is 10.2 Å². The molecule has 2 heterocycles. The molecule has 0 aliphatic carbocycles. The van der Waals surface area contributed by atoms with E-state index < -0.39 is 0 Å². The lowest BCUT2D eigenvalue weighted by Gasteiger charge is -2.31. The summed E-state index contributed by atoms with van der Waals surface area (Å²) in [6, 6.07) is 2.36. The fraction of sp³-hybridized carbons (Fsp3) is 0.444. The van der Waals surface area contributed by atoms with Gasteiger partial charge in [0.15, 0.2) is 0 Å². The maximum absolute atomic E-state index is 11.3. The van der Waals surface area contributed by atoms with E-state index in [1.807, 2.05) is 16.3 Å². The molecule has 1 amide bonds. The highest BCUT2D eigenvalue weighted by Crippen LogP contribution is 2.36. The lowest BCUT2D eigenvalue weighted by molar-refractivity contribution is -0.116. The number of thiophene rings is 1. The fourth-order valence-corrected chi connectivity index (χ4v) is 2.48. The standard InChI is InChI=1S/C9H12N2OS/c1-6-5-11(7(2)12)9-8(10-6)3-4-13-9/h3-4,6,10H,5H2,1-2H3/t6-/m0/s1. The van der Waals surface area contributed by atoms with Gasteiger partial charge >= 0.3 is 0 Å². The molecule has 1 aliphatic heterocycles. The Morgan fingerprint density at radius 2 is 2.54 bits per heavy atom. The minimum absolute atomic E-state index is 0.122. The lowest BCUT2D eigenvalue weighted by atomic mass is 10.2. The van der Waals surface area contributed by atoms with Crippen LogP contribution < -0.4 is 10.2 Å². The average Bonchev–Trinajstić information content (AvgIpc) is 2.49. The van der Waals surface area contributed by atoms with Gasteiger partial charge in [-0.1, -0.05) is 0 Å². The molecule has 1 aliphatic rings. The van der Waals surface area contributed by atoms with Crippen molar-refractivity contribution in [2.75, 3.05) is 16.8 Å². The van der Waals surface area contributed by atoms with Crippen LogP contribution in [0.3, 0.4) is 0 Å². The van der Waals surface area contributed by atoms with Crippen LogP contribution in [-0.2, 0) is 4.79 Å². The van der Waals surface area contributed by atoms with Crippen molar-refractivity contribution in [3.63, 3.8) is 0 Å². The molecule has 1 aromatic heterocycles. The van der Waals surface area contributed by atoms with Gasteiger partial charge in [-0.05, 0) is 18.4 Å². The number of anilines is 2. The number of fused-ring (bicyclic) bond motifs is 1. The number of rotatable bonds is 0. The van der Waals surface area contributed by atoms with Crippen molar-refractivity contribution < 1.29 is 4.79 Å². The molecule has 1 N–H and O–H groups in total. The molecule has 0 saturated heterocycles. The van der Waals surface area contributed by atoms with Crippen LogP contribution in [-0.4, -0.2) is 18.5 Å². The topological polar surface area (TPSA) is 32.3 Å². The van der Waals surface area contributed by atoms with Crippen LogP contribution in [0.25, 0.3) is 0 Å². The van der Waals surface area contributed by atoms with Crippen LogP contribution in [0.1, 0.15) is 13.8 Å². The summed E-state index contributed by atoms with van der Waals surface area (Å²) in [4.78, 5) is 13.1. The molecule has 0 saturated carbocycles. The van der Waals surface area contributed by atoms with Gasteiger partial charge in [0, 0.05) is 19.5 Å². The third kappa shape index (κ3) is 1.42. The van der Waals surface area contributed by atoms with Crippen LogP contribution in [0.2, 0.25) is 0 Å². The Balaban J connectivity index is 2.38. The van der Waals surface area contributed by atoms with Crippen LogP contribution in [0, 0.1) is 0 Å². The predicted octanol–water partition coefficient (Wildman–Crippen LogP) is 1.91. The summed E-state index contributed by atoms with van der Waals surface area (Å²) >= 11 is 1.61.